The molecule has 1 heterocycles. The zero-order valence-electron chi connectivity index (χ0n) is 49.5. The molecule has 0 N–H and O–H groups in total. The summed E-state index contributed by atoms with van der Waals surface area (Å²) in [7, 11) is 16.6. The molecule has 0 saturated heterocycles. The van der Waals surface area contributed by atoms with Gasteiger partial charge in [0.25, 0.3) is 0 Å². The quantitative estimate of drug-likeness (QED) is 0.140. The van der Waals surface area contributed by atoms with Crippen LogP contribution in [0.4, 0.5) is 34.1 Å². The predicted octanol–water partition coefficient (Wildman–Crippen LogP) is 9.09. The minimum atomic E-state index is -0.164. The molecule has 0 radical (unpaired) electrons. The summed E-state index contributed by atoms with van der Waals surface area (Å²) in [5.74, 6) is 0. The lowest BCUT2D eigenvalue weighted by atomic mass is 9.40. The minimum Gasteiger partial charge on any atom is -0.310 e. The van der Waals surface area contributed by atoms with Crippen LogP contribution in [0.15, 0.2) is 102 Å². The molecule has 372 valence electrons. The molecule has 1 aromatic heterocycles. The summed E-state index contributed by atoms with van der Waals surface area (Å²) < 4.78 is 1.35. The maximum atomic E-state index is 2.59. The number of anilines is 6. The van der Waals surface area contributed by atoms with Crippen LogP contribution in [0.2, 0.25) is 0 Å². The number of rotatable bonds is 8. The van der Waals surface area contributed by atoms with E-state index in [2.05, 4.69) is 278 Å². The molecule has 0 amide bonds. The average molecular weight is 976 g/mol. The van der Waals surface area contributed by atoms with Gasteiger partial charge in [0.2, 0.25) is 0 Å². The van der Waals surface area contributed by atoms with Crippen LogP contribution in [0, 0.1) is 0 Å². The molecule has 0 fully saturated rings. The molecule has 0 aliphatic heterocycles. The van der Waals surface area contributed by atoms with E-state index in [0.29, 0.717) is 0 Å². The number of fused-ring (bicyclic) bond motifs is 2. The predicted molar refractivity (Wildman–Crippen MR) is 347 cm³/mol. The smallest absolute Gasteiger partial charge is 0.139 e. The van der Waals surface area contributed by atoms with Crippen molar-refractivity contribution in [1.82, 2.24) is 0 Å². The van der Waals surface area contributed by atoms with Crippen molar-refractivity contribution >= 4 is 132 Å². The standard InChI is InChI=1S/C63H83B7N2S/c1-57(2,3)36-17-22-40(23-18-36)71(48-26-21-38(59(7,8)9)31-45(48)51-53(64)55(66)52(60(10,11)12)56(67)54(51)65)42-29-39(63(68,69)70)30-43(32-42)72(41-24-19-37(20-25-41)58(4,5)6)49-35-73-50-34-47-46(33-44(49)50)61(13,14)27-28-62(47,15)16/h17-26,29-35H,27-28,64-70H2,1-16H3. The summed E-state index contributed by atoms with van der Waals surface area (Å²) in [6.07, 6.45) is 2.37. The van der Waals surface area contributed by atoms with Crippen molar-refractivity contribution in [2.45, 2.75) is 161 Å². The Morgan fingerprint density at radius 1 is 0.438 bits per heavy atom. The highest BCUT2D eigenvalue weighted by Gasteiger charge is 2.38. The Kier molecular flexibility index (Phi) is 13.9. The van der Waals surface area contributed by atoms with E-state index >= 15 is 0 Å². The molecule has 0 spiro atoms. The fourth-order valence-corrected chi connectivity index (χ4v) is 12.8. The van der Waals surface area contributed by atoms with Gasteiger partial charge in [-0.15, -0.1) is 11.3 Å². The van der Waals surface area contributed by atoms with Crippen molar-refractivity contribution in [3.8, 4) is 11.1 Å². The second-order valence-corrected chi connectivity index (χ2v) is 29.4. The average Bonchev–Trinajstić information content (AvgIpc) is 3.69. The van der Waals surface area contributed by atoms with Gasteiger partial charge in [0.1, 0.15) is 31.4 Å². The summed E-state index contributed by atoms with van der Waals surface area (Å²) in [5.41, 5.74) is 25.0. The van der Waals surface area contributed by atoms with Crippen molar-refractivity contribution in [2.24, 2.45) is 0 Å². The number of benzene rings is 6. The Hall–Kier alpha value is -4.67. The van der Waals surface area contributed by atoms with Gasteiger partial charge in [-0.3, -0.25) is 0 Å². The summed E-state index contributed by atoms with van der Waals surface area (Å²) in [5, 5.41) is 3.59. The number of nitrogens with zero attached hydrogens (tertiary/aromatic N) is 2. The van der Waals surface area contributed by atoms with E-state index in [1.807, 2.05) is 11.3 Å². The summed E-state index contributed by atoms with van der Waals surface area (Å²) in [6.45, 7) is 37.8. The molecule has 0 bridgehead atoms. The molecule has 73 heavy (non-hydrogen) atoms. The maximum Gasteiger partial charge on any atom is 0.139 e. The molecule has 0 saturated carbocycles. The van der Waals surface area contributed by atoms with Crippen molar-refractivity contribution in [3.63, 3.8) is 0 Å². The molecule has 7 aromatic rings. The fraction of sp³-hybridized carbons (Fsp3) is 0.397. The van der Waals surface area contributed by atoms with Gasteiger partial charge >= 0.3 is 0 Å². The van der Waals surface area contributed by atoms with Gasteiger partial charge in [0.05, 0.1) is 34.9 Å². The van der Waals surface area contributed by atoms with Crippen molar-refractivity contribution < 1.29 is 0 Å². The van der Waals surface area contributed by atoms with Crippen LogP contribution in [-0.4, -0.2) is 54.9 Å². The monoisotopic (exact) mass is 977 g/mol. The van der Waals surface area contributed by atoms with Crippen LogP contribution >= 0.6 is 11.3 Å². The van der Waals surface area contributed by atoms with E-state index in [0.717, 1.165) is 22.7 Å². The maximum absolute atomic E-state index is 2.59. The highest BCUT2D eigenvalue weighted by molar-refractivity contribution is 7.17. The molecule has 0 atom stereocenters. The molecule has 0 unspecified atom stereocenters. The Labute approximate surface area is 453 Å². The van der Waals surface area contributed by atoms with Crippen LogP contribution in [0.3, 0.4) is 0 Å². The van der Waals surface area contributed by atoms with Crippen LogP contribution in [0.5, 0.6) is 0 Å². The SMILES string of the molecule is Bc1c(B)c(C(C)(C)C)c(B)c(B)c1-c1cc(C(C)(C)C)ccc1N(c1ccc(C(C)(C)C)cc1)c1cc(N(c2ccc(C(C)(C)C)cc2)c2csc3cc4c(cc23)C(C)(C)CCC4(C)C)cc(C(B)(B)B)c1. The fourth-order valence-electron chi connectivity index (χ4n) is 11.8. The Morgan fingerprint density at radius 2 is 0.863 bits per heavy atom. The first kappa shape index (κ1) is 54.6. The zero-order valence-corrected chi connectivity index (χ0v) is 50.3. The molecule has 8 rings (SSSR count). The summed E-state index contributed by atoms with van der Waals surface area (Å²) >= 11 is 1.89. The Balaban J connectivity index is 1.49. The molecule has 1 aliphatic rings. The van der Waals surface area contributed by atoms with Gasteiger partial charge in [-0.2, -0.15) is 0 Å². The first-order valence-corrected chi connectivity index (χ1v) is 28.2. The highest BCUT2D eigenvalue weighted by atomic mass is 32.1. The molecule has 1 aliphatic carbocycles. The largest absolute Gasteiger partial charge is 0.310 e. The number of hydrogen-bond acceptors (Lipinski definition) is 3. The zero-order chi connectivity index (χ0) is 53.9. The minimum absolute atomic E-state index is 0.0108. The van der Waals surface area contributed by atoms with Gasteiger partial charge < -0.3 is 9.80 Å². The lowest BCUT2D eigenvalue weighted by molar-refractivity contribution is 0.332. The van der Waals surface area contributed by atoms with Crippen LogP contribution < -0.4 is 31.7 Å². The van der Waals surface area contributed by atoms with Crippen LogP contribution in [-0.2, 0) is 37.6 Å². The normalized spacial score (nSPS) is 15.1. The third-order valence-corrected chi connectivity index (χ3v) is 17.7. The summed E-state index contributed by atoms with van der Waals surface area (Å²) in [4.78, 5) is 5.16. The topological polar surface area (TPSA) is 6.48 Å². The first-order valence-electron chi connectivity index (χ1n) is 27.3. The first-order chi connectivity index (χ1) is 33.5. The van der Waals surface area contributed by atoms with E-state index in [4.69, 9.17) is 0 Å². The van der Waals surface area contributed by atoms with Gasteiger partial charge in [0.15, 0.2) is 0 Å². The van der Waals surface area contributed by atoms with E-state index in [-0.39, 0.29) is 37.6 Å². The molecular formula is C63H83B7N2S. The van der Waals surface area contributed by atoms with Crippen LogP contribution in [0.1, 0.15) is 163 Å². The van der Waals surface area contributed by atoms with Crippen molar-refractivity contribution in [2.75, 3.05) is 9.80 Å². The lowest BCUT2D eigenvalue weighted by Crippen LogP contribution is -2.49. The highest BCUT2D eigenvalue weighted by Crippen LogP contribution is 2.52. The van der Waals surface area contributed by atoms with Gasteiger partial charge in [0, 0.05) is 43.8 Å². The number of hydrogen-bond donors (Lipinski definition) is 0. The van der Waals surface area contributed by atoms with Gasteiger partial charge in [-0.05, 0) is 145 Å². The third-order valence-electron chi connectivity index (χ3n) is 16.8. The second-order valence-electron chi connectivity index (χ2n) is 28.5. The molecule has 10 heteroatoms. The molecular weight excluding hydrogens is 892 g/mol. The van der Waals surface area contributed by atoms with Gasteiger partial charge in [-0.25, -0.2) is 0 Å². The number of thiophene rings is 1. The van der Waals surface area contributed by atoms with E-state index in [9.17, 15) is 0 Å². The van der Waals surface area contributed by atoms with Crippen molar-refractivity contribution in [3.05, 3.63) is 141 Å². The summed E-state index contributed by atoms with van der Waals surface area (Å²) in [6, 6.07) is 38.8. The van der Waals surface area contributed by atoms with Gasteiger partial charge in [-0.1, -0.05) is 179 Å². The molecule has 6 aromatic carbocycles. The molecule has 2 nitrogen and oxygen atoms in total. The van der Waals surface area contributed by atoms with Crippen molar-refractivity contribution in [1.29, 1.82) is 0 Å². The van der Waals surface area contributed by atoms with E-state index in [1.54, 1.807) is 0 Å². The third kappa shape index (κ3) is 10.4. The van der Waals surface area contributed by atoms with E-state index in [1.165, 1.54) is 106 Å². The Morgan fingerprint density at radius 3 is 1.29 bits per heavy atom. The van der Waals surface area contributed by atoms with Crippen LogP contribution in [0.25, 0.3) is 21.2 Å². The second kappa shape index (κ2) is 18.6. The van der Waals surface area contributed by atoms with E-state index < -0.39 is 0 Å². The Bertz CT molecular complexity index is 3210. The lowest BCUT2D eigenvalue weighted by Gasteiger charge is -2.42.